The van der Waals surface area contributed by atoms with Crippen LogP contribution in [0, 0.1) is 0 Å². The molecule has 142 valence electrons. The van der Waals surface area contributed by atoms with E-state index in [1.807, 2.05) is 6.92 Å². The number of furan rings is 1. The van der Waals surface area contributed by atoms with Crippen LogP contribution < -0.4 is 10.6 Å². The maximum absolute atomic E-state index is 10.6. The van der Waals surface area contributed by atoms with Crippen LogP contribution in [0.5, 0.6) is 0 Å². The van der Waals surface area contributed by atoms with E-state index in [2.05, 4.69) is 29.4 Å². The van der Waals surface area contributed by atoms with Gasteiger partial charge in [0.1, 0.15) is 11.4 Å². The molecule has 0 aromatic carbocycles. The highest BCUT2D eigenvalue weighted by Crippen LogP contribution is 2.21. The molecule has 2 heterocycles. The van der Waals surface area contributed by atoms with Gasteiger partial charge in [0.2, 0.25) is 0 Å². The van der Waals surface area contributed by atoms with Gasteiger partial charge < -0.3 is 20.2 Å². The van der Waals surface area contributed by atoms with Crippen LogP contribution in [0.4, 0.5) is 0 Å². The SMILES string of the molecule is CCNC(=NCC(C)(C)N1CCCCC1)NCC(C)(O)c1ccco1. The highest BCUT2D eigenvalue weighted by Gasteiger charge is 2.29. The first-order valence-corrected chi connectivity index (χ1v) is 9.39. The fourth-order valence-corrected chi connectivity index (χ4v) is 3.14. The van der Waals surface area contributed by atoms with E-state index in [9.17, 15) is 5.11 Å². The fraction of sp³-hybridized carbons (Fsp3) is 0.737. The van der Waals surface area contributed by atoms with Gasteiger partial charge in [0.15, 0.2) is 5.96 Å². The molecule has 6 nitrogen and oxygen atoms in total. The maximum Gasteiger partial charge on any atom is 0.191 e. The molecule has 1 unspecified atom stereocenters. The third-order valence-corrected chi connectivity index (χ3v) is 4.83. The van der Waals surface area contributed by atoms with Gasteiger partial charge in [-0.2, -0.15) is 0 Å². The van der Waals surface area contributed by atoms with Crippen molar-refractivity contribution in [1.29, 1.82) is 0 Å². The minimum atomic E-state index is -1.08. The highest BCUT2D eigenvalue weighted by molar-refractivity contribution is 5.79. The van der Waals surface area contributed by atoms with Crippen molar-refractivity contribution in [3.05, 3.63) is 24.2 Å². The molecule has 1 fully saturated rings. The van der Waals surface area contributed by atoms with E-state index < -0.39 is 5.60 Å². The summed E-state index contributed by atoms with van der Waals surface area (Å²) in [7, 11) is 0. The second kappa shape index (κ2) is 8.72. The molecule has 3 N–H and O–H groups in total. The lowest BCUT2D eigenvalue weighted by molar-refractivity contribution is 0.0385. The molecule has 1 aliphatic heterocycles. The number of piperidine rings is 1. The molecule has 25 heavy (non-hydrogen) atoms. The number of aliphatic imine (C=N–C) groups is 1. The van der Waals surface area contributed by atoms with Crippen molar-refractivity contribution in [1.82, 2.24) is 15.5 Å². The third-order valence-electron chi connectivity index (χ3n) is 4.83. The quantitative estimate of drug-likeness (QED) is 0.520. The normalized spacial score (nSPS) is 19.5. The second-order valence-electron chi connectivity index (χ2n) is 7.66. The Morgan fingerprint density at radius 1 is 1.24 bits per heavy atom. The van der Waals surface area contributed by atoms with E-state index in [0.29, 0.717) is 18.8 Å². The average Bonchev–Trinajstić information content (AvgIpc) is 3.14. The van der Waals surface area contributed by atoms with Crippen molar-refractivity contribution < 1.29 is 9.52 Å². The zero-order valence-electron chi connectivity index (χ0n) is 16.1. The smallest absolute Gasteiger partial charge is 0.191 e. The van der Waals surface area contributed by atoms with Crippen molar-refractivity contribution >= 4 is 5.96 Å². The number of likely N-dealkylation sites (tertiary alicyclic amines) is 1. The van der Waals surface area contributed by atoms with Gasteiger partial charge in [-0.15, -0.1) is 0 Å². The van der Waals surface area contributed by atoms with Gasteiger partial charge in [-0.1, -0.05) is 6.42 Å². The van der Waals surface area contributed by atoms with Crippen LogP contribution in [0.25, 0.3) is 0 Å². The Kier molecular flexibility index (Phi) is 6.90. The fourth-order valence-electron chi connectivity index (χ4n) is 3.14. The molecule has 2 rings (SSSR count). The first kappa shape index (κ1) is 19.8. The van der Waals surface area contributed by atoms with E-state index >= 15 is 0 Å². The molecule has 1 aliphatic rings. The summed E-state index contributed by atoms with van der Waals surface area (Å²) < 4.78 is 5.33. The van der Waals surface area contributed by atoms with Gasteiger partial charge in [-0.25, -0.2) is 0 Å². The predicted molar refractivity (Wildman–Crippen MR) is 102 cm³/mol. The van der Waals surface area contributed by atoms with Gasteiger partial charge in [0.05, 0.1) is 19.4 Å². The van der Waals surface area contributed by atoms with E-state index in [4.69, 9.17) is 9.41 Å². The summed E-state index contributed by atoms with van der Waals surface area (Å²) >= 11 is 0. The Labute approximate surface area is 151 Å². The van der Waals surface area contributed by atoms with Crippen molar-refractivity contribution in [2.24, 2.45) is 4.99 Å². The summed E-state index contributed by atoms with van der Waals surface area (Å²) in [6.45, 7) is 12.4. The second-order valence-corrected chi connectivity index (χ2v) is 7.66. The Balaban J connectivity index is 1.95. The molecular weight excluding hydrogens is 316 g/mol. The van der Waals surface area contributed by atoms with Crippen molar-refractivity contribution in [2.75, 3.05) is 32.7 Å². The minimum Gasteiger partial charge on any atom is -0.466 e. The first-order valence-electron chi connectivity index (χ1n) is 9.39. The third kappa shape index (κ3) is 5.75. The van der Waals surface area contributed by atoms with E-state index in [1.54, 1.807) is 25.3 Å². The molecule has 0 spiro atoms. The van der Waals surface area contributed by atoms with Crippen LogP contribution in [-0.4, -0.2) is 54.2 Å². The number of hydrogen-bond acceptors (Lipinski definition) is 4. The summed E-state index contributed by atoms with van der Waals surface area (Å²) in [5, 5.41) is 17.1. The highest BCUT2D eigenvalue weighted by atomic mass is 16.4. The lowest BCUT2D eigenvalue weighted by Gasteiger charge is -2.40. The van der Waals surface area contributed by atoms with Crippen LogP contribution in [-0.2, 0) is 5.60 Å². The van der Waals surface area contributed by atoms with Crippen LogP contribution in [0.1, 0.15) is 52.7 Å². The van der Waals surface area contributed by atoms with Gasteiger partial charge in [0, 0.05) is 12.1 Å². The molecule has 1 aromatic heterocycles. The van der Waals surface area contributed by atoms with Gasteiger partial charge >= 0.3 is 0 Å². The molecule has 1 saturated heterocycles. The average molecular weight is 351 g/mol. The van der Waals surface area contributed by atoms with Crippen LogP contribution >= 0.6 is 0 Å². The monoisotopic (exact) mass is 350 g/mol. The first-order chi connectivity index (χ1) is 11.8. The number of aliphatic hydroxyl groups is 1. The lowest BCUT2D eigenvalue weighted by Crippen LogP contribution is -2.50. The number of guanidine groups is 1. The molecule has 0 amide bonds. The van der Waals surface area contributed by atoms with Crippen molar-refractivity contribution in [2.45, 2.75) is 58.1 Å². The summed E-state index contributed by atoms with van der Waals surface area (Å²) in [6, 6.07) is 3.56. The summed E-state index contributed by atoms with van der Waals surface area (Å²) in [5.74, 6) is 1.27. The predicted octanol–water partition coefficient (Wildman–Crippen LogP) is 2.31. The Morgan fingerprint density at radius 3 is 2.56 bits per heavy atom. The van der Waals surface area contributed by atoms with E-state index in [0.717, 1.165) is 25.6 Å². The summed E-state index contributed by atoms with van der Waals surface area (Å²) in [6.07, 6.45) is 5.46. The molecule has 6 heteroatoms. The number of hydrogen-bond donors (Lipinski definition) is 3. The molecule has 0 bridgehead atoms. The Morgan fingerprint density at radius 2 is 1.96 bits per heavy atom. The Hall–Kier alpha value is -1.53. The molecule has 0 aliphatic carbocycles. The van der Waals surface area contributed by atoms with Crippen molar-refractivity contribution in [3.8, 4) is 0 Å². The molecular formula is C19H34N4O2. The number of rotatable bonds is 7. The summed E-state index contributed by atoms with van der Waals surface area (Å²) in [5.41, 5.74) is -1.05. The number of nitrogens with one attached hydrogen (secondary N) is 2. The van der Waals surface area contributed by atoms with Gasteiger partial charge in [0.25, 0.3) is 0 Å². The van der Waals surface area contributed by atoms with Gasteiger partial charge in [-0.3, -0.25) is 9.89 Å². The zero-order chi connectivity index (χ0) is 18.3. The summed E-state index contributed by atoms with van der Waals surface area (Å²) in [4.78, 5) is 7.29. The number of nitrogens with zero attached hydrogens (tertiary/aromatic N) is 2. The maximum atomic E-state index is 10.6. The minimum absolute atomic E-state index is 0.0340. The Bertz CT molecular complexity index is 532. The molecule has 1 atom stereocenters. The van der Waals surface area contributed by atoms with E-state index in [1.165, 1.54) is 19.3 Å². The molecule has 0 saturated carbocycles. The van der Waals surface area contributed by atoms with Crippen LogP contribution in [0.2, 0.25) is 0 Å². The van der Waals surface area contributed by atoms with E-state index in [-0.39, 0.29) is 5.54 Å². The van der Waals surface area contributed by atoms with Crippen LogP contribution in [0.3, 0.4) is 0 Å². The standard InChI is InChI=1S/C19H34N4O2/c1-5-20-17(22-15-19(4,24)16-10-9-13-25-16)21-14-18(2,3)23-11-7-6-8-12-23/h9-10,13,24H,5-8,11-12,14-15H2,1-4H3,(H2,20,21,22). The lowest BCUT2D eigenvalue weighted by atomic mass is 9.99. The largest absolute Gasteiger partial charge is 0.466 e. The van der Waals surface area contributed by atoms with Crippen molar-refractivity contribution in [3.63, 3.8) is 0 Å². The molecule has 0 radical (unpaired) electrons. The zero-order valence-corrected chi connectivity index (χ0v) is 16.1. The topological polar surface area (TPSA) is 73.0 Å². The van der Waals surface area contributed by atoms with Crippen LogP contribution in [0.15, 0.2) is 27.8 Å². The molecule has 1 aromatic rings. The van der Waals surface area contributed by atoms with Gasteiger partial charge in [-0.05, 0) is 65.8 Å².